The first-order valence-electron chi connectivity index (χ1n) is 14.5. The van der Waals surface area contributed by atoms with Crippen LogP contribution in [0.25, 0.3) is 32.9 Å². The van der Waals surface area contributed by atoms with Gasteiger partial charge in [0.1, 0.15) is 47.5 Å². The number of rotatable bonds is 5. The number of aromatic nitrogens is 3. The molecule has 11 heteroatoms. The van der Waals surface area contributed by atoms with Crippen molar-refractivity contribution in [3.8, 4) is 35.4 Å². The number of hydrogen-bond acceptors (Lipinski definition) is 7. The molecule has 3 fully saturated rings. The minimum atomic E-state index is -1.08. The predicted molar refractivity (Wildman–Crippen MR) is 155 cm³/mol. The van der Waals surface area contributed by atoms with E-state index in [2.05, 4.69) is 25.8 Å². The Labute approximate surface area is 245 Å². The lowest BCUT2D eigenvalue weighted by atomic mass is 9.95. The SMILES string of the molecule is C#Cc1c(F)ccc2cc(O)cc(-c3ncc4c(N5CCC[C@H](F)C5)nc(OCC56CCCN5C[C@H](F)C6)nc4c3F)c12. The van der Waals surface area contributed by atoms with Crippen molar-refractivity contribution in [3.63, 3.8) is 0 Å². The summed E-state index contributed by atoms with van der Waals surface area (Å²) in [6.07, 6.45) is 8.02. The predicted octanol–water partition coefficient (Wildman–Crippen LogP) is 5.70. The summed E-state index contributed by atoms with van der Waals surface area (Å²) in [7, 11) is 0. The van der Waals surface area contributed by atoms with Crippen LogP contribution in [0.15, 0.2) is 30.5 Å². The van der Waals surface area contributed by atoms with E-state index in [1.807, 2.05) is 0 Å². The van der Waals surface area contributed by atoms with Crippen molar-refractivity contribution in [1.29, 1.82) is 0 Å². The number of hydrogen-bond donors (Lipinski definition) is 1. The molecule has 222 valence electrons. The Hall–Kier alpha value is -4.17. The smallest absolute Gasteiger partial charge is 0.319 e. The summed E-state index contributed by atoms with van der Waals surface area (Å²) in [5, 5.41) is 11.3. The van der Waals surface area contributed by atoms with Crippen molar-refractivity contribution >= 4 is 27.5 Å². The molecule has 3 atom stereocenters. The van der Waals surface area contributed by atoms with Gasteiger partial charge in [0.2, 0.25) is 0 Å². The molecule has 0 bridgehead atoms. The molecular weight excluding hydrogens is 562 g/mol. The first kappa shape index (κ1) is 27.7. The van der Waals surface area contributed by atoms with Crippen molar-refractivity contribution in [2.45, 2.75) is 50.0 Å². The molecule has 7 rings (SSSR count). The molecule has 7 nitrogen and oxygen atoms in total. The Morgan fingerprint density at radius 3 is 2.77 bits per heavy atom. The summed E-state index contributed by atoms with van der Waals surface area (Å²) >= 11 is 0. The van der Waals surface area contributed by atoms with Gasteiger partial charge in [-0.25, -0.2) is 17.6 Å². The third kappa shape index (κ3) is 4.68. The van der Waals surface area contributed by atoms with Crippen molar-refractivity contribution < 1.29 is 27.4 Å². The van der Waals surface area contributed by atoms with Crippen LogP contribution in [-0.2, 0) is 0 Å². The fourth-order valence-electron chi connectivity index (χ4n) is 7.03. The molecule has 0 aliphatic carbocycles. The van der Waals surface area contributed by atoms with Crippen molar-refractivity contribution in [3.05, 3.63) is 47.7 Å². The number of nitrogens with zero attached hydrogens (tertiary/aromatic N) is 5. The third-order valence-electron chi connectivity index (χ3n) is 8.99. The first-order valence-corrected chi connectivity index (χ1v) is 14.5. The number of aromatic hydroxyl groups is 1. The van der Waals surface area contributed by atoms with E-state index >= 15 is 4.39 Å². The van der Waals surface area contributed by atoms with Crippen molar-refractivity contribution in [2.75, 3.05) is 37.7 Å². The third-order valence-corrected chi connectivity index (χ3v) is 8.99. The number of fused-ring (bicyclic) bond motifs is 3. The number of piperidine rings is 1. The van der Waals surface area contributed by atoms with Crippen LogP contribution in [0.1, 0.15) is 37.7 Å². The highest BCUT2D eigenvalue weighted by molar-refractivity contribution is 6.03. The number of anilines is 1. The standard InChI is InChI=1S/C32H29F4N5O2/c1-2-22-25(35)7-6-18-11-21(42)12-23(26(18)22)28-27(36)29-24(14-37-28)30(40-9-3-5-19(33)15-40)39-31(38-29)43-17-32-8-4-10-41(32)16-20(34)13-32/h1,6-7,11-12,14,19-20,42H,3-5,8-10,13,15-17H2/t19-,20+,32?/m0/s1. The average molecular weight is 592 g/mol. The molecule has 5 heterocycles. The molecule has 1 unspecified atom stereocenters. The van der Waals surface area contributed by atoms with Crippen LogP contribution < -0.4 is 9.64 Å². The van der Waals surface area contributed by atoms with E-state index in [9.17, 15) is 18.3 Å². The molecule has 0 spiro atoms. The minimum absolute atomic E-state index is 0.0676. The van der Waals surface area contributed by atoms with Gasteiger partial charge in [0, 0.05) is 36.7 Å². The molecule has 3 saturated heterocycles. The zero-order valence-electron chi connectivity index (χ0n) is 23.3. The Morgan fingerprint density at radius 1 is 1.09 bits per heavy atom. The van der Waals surface area contributed by atoms with E-state index in [4.69, 9.17) is 11.2 Å². The van der Waals surface area contributed by atoms with E-state index in [0.717, 1.165) is 19.4 Å². The van der Waals surface area contributed by atoms with Gasteiger partial charge in [-0.2, -0.15) is 9.97 Å². The lowest BCUT2D eigenvalue weighted by Crippen LogP contribution is -2.43. The van der Waals surface area contributed by atoms with E-state index in [1.165, 1.54) is 30.5 Å². The zero-order chi connectivity index (χ0) is 29.9. The lowest BCUT2D eigenvalue weighted by molar-refractivity contribution is 0.107. The Morgan fingerprint density at radius 2 is 1.95 bits per heavy atom. The number of pyridine rings is 1. The molecule has 0 amide bonds. The van der Waals surface area contributed by atoms with E-state index < -0.39 is 29.5 Å². The molecule has 3 aliphatic rings. The first-order chi connectivity index (χ1) is 20.8. The number of ether oxygens (including phenoxy) is 1. The molecular formula is C32H29F4N5O2. The van der Waals surface area contributed by atoms with Gasteiger partial charge in [-0.3, -0.25) is 9.88 Å². The fourth-order valence-corrected chi connectivity index (χ4v) is 7.03. The topological polar surface area (TPSA) is 74.6 Å². The second-order valence-corrected chi connectivity index (χ2v) is 11.7. The van der Waals surface area contributed by atoms with E-state index in [-0.39, 0.29) is 63.8 Å². The van der Waals surface area contributed by atoms with Gasteiger partial charge in [-0.15, -0.1) is 6.42 Å². The molecule has 0 radical (unpaired) electrons. The summed E-state index contributed by atoms with van der Waals surface area (Å²) in [5.41, 5.74) is -0.815. The summed E-state index contributed by atoms with van der Waals surface area (Å²) in [4.78, 5) is 17.2. The molecule has 1 N–H and O–H groups in total. The Kier molecular flexibility index (Phi) is 6.77. The van der Waals surface area contributed by atoms with Crippen LogP contribution in [0.4, 0.5) is 23.4 Å². The molecule has 0 saturated carbocycles. The summed E-state index contributed by atoms with van der Waals surface area (Å²) in [5.74, 6) is 0.902. The largest absolute Gasteiger partial charge is 0.508 e. The quantitative estimate of drug-likeness (QED) is 0.236. The van der Waals surface area contributed by atoms with Gasteiger partial charge >= 0.3 is 6.01 Å². The van der Waals surface area contributed by atoms with Gasteiger partial charge in [0.25, 0.3) is 0 Å². The van der Waals surface area contributed by atoms with E-state index in [0.29, 0.717) is 37.7 Å². The summed E-state index contributed by atoms with van der Waals surface area (Å²) in [6, 6.07) is 5.20. The molecule has 2 aromatic carbocycles. The number of phenolic OH excluding ortho intramolecular Hbond substituents is 1. The molecule has 2 aromatic heterocycles. The van der Waals surface area contributed by atoms with Gasteiger partial charge in [0.15, 0.2) is 5.82 Å². The van der Waals surface area contributed by atoms with Gasteiger partial charge in [-0.1, -0.05) is 12.0 Å². The van der Waals surface area contributed by atoms with E-state index in [1.54, 1.807) is 4.90 Å². The maximum atomic E-state index is 16.6. The monoisotopic (exact) mass is 591 g/mol. The van der Waals surface area contributed by atoms with Crippen molar-refractivity contribution in [1.82, 2.24) is 19.9 Å². The van der Waals surface area contributed by atoms with Crippen molar-refractivity contribution in [2.24, 2.45) is 0 Å². The maximum Gasteiger partial charge on any atom is 0.319 e. The normalized spacial score (nSPS) is 24.0. The minimum Gasteiger partial charge on any atom is -0.508 e. The maximum absolute atomic E-state index is 16.6. The number of benzene rings is 2. The highest BCUT2D eigenvalue weighted by atomic mass is 19.1. The van der Waals surface area contributed by atoms with Crippen LogP contribution in [0.5, 0.6) is 11.8 Å². The molecule has 43 heavy (non-hydrogen) atoms. The Bertz CT molecular complexity index is 1800. The average Bonchev–Trinajstić information content (AvgIpc) is 3.51. The van der Waals surface area contributed by atoms with Crippen LogP contribution in [-0.4, -0.2) is 75.6 Å². The highest BCUT2D eigenvalue weighted by Gasteiger charge is 2.49. The van der Waals surface area contributed by atoms with Gasteiger partial charge in [-0.05, 0) is 55.8 Å². The summed E-state index contributed by atoms with van der Waals surface area (Å²) < 4.78 is 66.3. The number of terminal acetylenes is 1. The number of phenols is 1. The van der Waals surface area contributed by atoms with Crippen LogP contribution in [0, 0.1) is 24.0 Å². The number of halogens is 4. The van der Waals surface area contributed by atoms with Gasteiger partial charge < -0.3 is 14.7 Å². The fraction of sp³-hybridized carbons (Fsp3) is 0.406. The summed E-state index contributed by atoms with van der Waals surface area (Å²) in [6.45, 7) is 1.82. The zero-order valence-corrected chi connectivity index (χ0v) is 23.3. The Balaban J connectivity index is 1.38. The van der Waals surface area contributed by atoms with Crippen LogP contribution >= 0.6 is 0 Å². The van der Waals surface area contributed by atoms with Gasteiger partial charge in [0.05, 0.1) is 23.0 Å². The lowest BCUT2D eigenvalue weighted by Gasteiger charge is -2.32. The highest BCUT2D eigenvalue weighted by Crippen LogP contribution is 2.42. The van der Waals surface area contributed by atoms with Crippen LogP contribution in [0.2, 0.25) is 0 Å². The second-order valence-electron chi connectivity index (χ2n) is 11.7. The molecule has 3 aliphatic heterocycles. The van der Waals surface area contributed by atoms with Crippen LogP contribution in [0.3, 0.4) is 0 Å². The molecule has 4 aromatic rings. The second kappa shape index (κ2) is 10.5. The number of alkyl halides is 2.